The molecule has 1 unspecified atom stereocenters. The molecule has 2 amide bonds. The molecule has 2 N–H and O–H groups in total. The predicted molar refractivity (Wildman–Crippen MR) is 83.3 cm³/mol. The summed E-state index contributed by atoms with van der Waals surface area (Å²) in [4.78, 5) is 24.4. The molecular weight excluding hydrogens is 268 g/mol. The molecule has 0 aromatic rings. The van der Waals surface area contributed by atoms with Gasteiger partial charge in [-0.2, -0.15) is 0 Å². The average molecular weight is 298 g/mol. The van der Waals surface area contributed by atoms with E-state index < -0.39 is 5.97 Å². The first-order valence-electron chi connectivity index (χ1n) is 8.27. The van der Waals surface area contributed by atoms with Crippen molar-refractivity contribution in [2.24, 2.45) is 11.8 Å². The highest BCUT2D eigenvalue weighted by atomic mass is 16.4. The fourth-order valence-electron chi connectivity index (χ4n) is 2.88. The number of nitrogens with one attached hydrogen (secondary N) is 1. The van der Waals surface area contributed by atoms with Gasteiger partial charge in [0.2, 0.25) is 0 Å². The largest absolute Gasteiger partial charge is 0.481 e. The summed E-state index contributed by atoms with van der Waals surface area (Å²) in [6.45, 7) is 6.61. The van der Waals surface area contributed by atoms with Crippen LogP contribution in [0.5, 0.6) is 0 Å². The monoisotopic (exact) mass is 298 g/mol. The Balaban J connectivity index is 2.12. The normalized spacial score (nSPS) is 17.5. The Morgan fingerprint density at radius 1 is 1.29 bits per heavy atom. The maximum Gasteiger partial charge on any atom is 0.317 e. The highest BCUT2D eigenvalue weighted by molar-refractivity contribution is 5.74. The molecule has 0 bridgehead atoms. The third-order valence-electron chi connectivity index (χ3n) is 4.36. The Morgan fingerprint density at radius 2 is 1.95 bits per heavy atom. The second-order valence-electron chi connectivity index (χ2n) is 6.28. The maximum absolute atomic E-state index is 12.0. The minimum Gasteiger partial charge on any atom is -0.481 e. The Bertz CT molecular complexity index is 325. The summed E-state index contributed by atoms with van der Waals surface area (Å²) in [6, 6.07) is 0.0374. The van der Waals surface area contributed by atoms with Gasteiger partial charge in [-0.25, -0.2) is 4.79 Å². The summed E-state index contributed by atoms with van der Waals surface area (Å²) in [5.74, 6) is 0.368. The number of hydrogen-bond acceptors (Lipinski definition) is 2. The number of hydrogen-bond donors (Lipinski definition) is 2. The Morgan fingerprint density at radius 3 is 2.52 bits per heavy atom. The Labute approximate surface area is 128 Å². The van der Waals surface area contributed by atoms with Gasteiger partial charge in [-0.3, -0.25) is 4.79 Å². The lowest BCUT2D eigenvalue weighted by atomic mass is 9.93. The number of carbonyl (C=O) groups is 2. The number of carboxylic acids is 1. The van der Waals surface area contributed by atoms with Crippen LogP contribution >= 0.6 is 0 Å². The van der Waals surface area contributed by atoms with Gasteiger partial charge in [-0.1, -0.05) is 26.7 Å². The van der Waals surface area contributed by atoms with E-state index in [4.69, 9.17) is 5.11 Å². The van der Waals surface area contributed by atoms with Crippen molar-refractivity contribution in [1.82, 2.24) is 10.2 Å². The molecule has 0 aromatic heterocycles. The van der Waals surface area contributed by atoms with Crippen LogP contribution in [-0.4, -0.2) is 41.6 Å². The van der Waals surface area contributed by atoms with E-state index in [1.54, 1.807) is 0 Å². The average Bonchev–Trinajstić information content (AvgIpc) is 2.46. The smallest absolute Gasteiger partial charge is 0.317 e. The van der Waals surface area contributed by atoms with E-state index in [9.17, 15) is 9.59 Å². The van der Waals surface area contributed by atoms with Gasteiger partial charge in [0, 0.05) is 26.1 Å². The van der Waals surface area contributed by atoms with E-state index in [1.165, 1.54) is 12.8 Å². The zero-order valence-electron chi connectivity index (χ0n) is 13.4. The summed E-state index contributed by atoms with van der Waals surface area (Å²) in [7, 11) is 0. The summed E-state index contributed by atoms with van der Waals surface area (Å²) >= 11 is 0. The lowest BCUT2D eigenvalue weighted by Gasteiger charge is -2.32. The quantitative estimate of drug-likeness (QED) is 0.723. The van der Waals surface area contributed by atoms with Gasteiger partial charge in [-0.05, 0) is 37.5 Å². The molecule has 0 radical (unpaired) electrons. The number of piperidine rings is 1. The van der Waals surface area contributed by atoms with E-state index in [0.717, 1.165) is 38.3 Å². The van der Waals surface area contributed by atoms with Crippen LogP contribution in [0.15, 0.2) is 0 Å². The van der Waals surface area contributed by atoms with Gasteiger partial charge in [0.25, 0.3) is 0 Å². The lowest BCUT2D eigenvalue weighted by Crippen LogP contribution is -2.44. The molecule has 122 valence electrons. The number of likely N-dealkylation sites (tertiary alicyclic amines) is 1. The third kappa shape index (κ3) is 7.34. The first kappa shape index (κ1) is 17.8. The summed E-state index contributed by atoms with van der Waals surface area (Å²) in [5, 5.41) is 11.6. The van der Waals surface area contributed by atoms with Gasteiger partial charge in [-0.15, -0.1) is 0 Å². The molecule has 1 aliphatic heterocycles. The van der Waals surface area contributed by atoms with Gasteiger partial charge in [0.15, 0.2) is 0 Å². The molecule has 1 heterocycles. The Hall–Kier alpha value is -1.26. The minimum absolute atomic E-state index is 0.0374. The molecule has 1 aliphatic rings. The van der Waals surface area contributed by atoms with Crippen molar-refractivity contribution < 1.29 is 14.7 Å². The van der Waals surface area contributed by atoms with Gasteiger partial charge >= 0.3 is 12.0 Å². The van der Waals surface area contributed by atoms with Crippen molar-refractivity contribution in [3.63, 3.8) is 0 Å². The lowest BCUT2D eigenvalue weighted by molar-refractivity contribution is -0.137. The maximum atomic E-state index is 12.0. The molecule has 1 atom stereocenters. The highest BCUT2D eigenvalue weighted by Gasteiger charge is 2.21. The SMILES string of the molecule is CCCC1CCN(C(=O)NCCC(C)CCC(=O)O)CC1. The molecule has 0 saturated carbocycles. The first-order chi connectivity index (χ1) is 10.0. The fraction of sp³-hybridized carbons (Fsp3) is 0.875. The molecule has 21 heavy (non-hydrogen) atoms. The topological polar surface area (TPSA) is 69.6 Å². The van der Waals surface area contributed by atoms with Crippen LogP contribution in [0.2, 0.25) is 0 Å². The van der Waals surface area contributed by atoms with Crippen LogP contribution in [0.25, 0.3) is 0 Å². The molecule has 1 fully saturated rings. The zero-order valence-corrected chi connectivity index (χ0v) is 13.4. The molecule has 1 rings (SSSR count). The fourth-order valence-corrected chi connectivity index (χ4v) is 2.88. The van der Waals surface area contributed by atoms with Gasteiger partial charge in [0.1, 0.15) is 0 Å². The van der Waals surface area contributed by atoms with Crippen molar-refractivity contribution in [3.8, 4) is 0 Å². The number of carboxylic acid groups (broad SMARTS) is 1. The zero-order chi connectivity index (χ0) is 15.7. The second-order valence-corrected chi connectivity index (χ2v) is 6.28. The molecule has 0 aromatic carbocycles. The summed E-state index contributed by atoms with van der Waals surface area (Å²) in [5.41, 5.74) is 0. The van der Waals surface area contributed by atoms with E-state index in [-0.39, 0.29) is 12.5 Å². The molecular formula is C16H30N2O3. The van der Waals surface area contributed by atoms with Crippen LogP contribution in [0.3, 0.4) is 0 Å². The van der Waals surface area contributed by atoms with E-state index in [2.05, 4.69) is 12.2 Å². The Kier molecular flexibility index (Phi) is 8.16. The number of aliphatic carboxylic acids is 1. The van der Waals surface area contributed by atoms with E-state index >= 15 is 0 Å². The number of rotatable bonds is 8. The van der Waals surface area contributed by atoms with Crippen molar-refractivity contribution in [1.29, 1.82) is 0 Å². The molecule has 1 saturated heterocycles. The van der Waals surface area contributed by atoms with Crippen LogP contribution in [0.1, 0.15) is 58.8 Å². The molecule has 5 heteroatoms. The molecule has 0 aliphatic carbocycles. The van der Waals surface area contributed by atoms with Crippen LogP contribution in [0, 0.1) is 11.8 Å². The standard InChI is InChI=1S/C16H30N2O3/c1-3-4-14-8-11-18(12-9-14)16(21)17-10-7-13(2)5-6-15(19)20/h13-14H,3-12H2,1-2H3,(H,17,21)(H,19,20). The highest BCUT2D eigenvalue weighted by Crippen LogP contribution is 2.21. The van der Waals surface area contributed by atoms with Crippen LogP contribution in [-0.2, 0) is 4.79 Å². The van der Waals surface area contributed by atoms with E-state index in [1.807, 2.05) is 11.8 Å². The van der Waals surface area contributed by atoms with E-state index in [0.29, 0.717) is 18.9 Å². The number of amides is 2. The number of carbonyl (C=O) groups excluding carboxylic acids is 1. The number of nitrogens with zero attached hydrogens (tertiary/aromatic N) is 1. The van der Waals surface area contributed by atoms with Crippen molar-refractivity contribution in [2.45, 2.75) is 58.8 Å². The van der Waals surface area contributed by atoms with Crippen molar-refractivity contribution in [2.75, 3.05) is 19.6 Å². The predicted octanol–water partition coefficient (Wildman–Crippen LogP) is 3.10. The van der Waals surface area contributed by atoms with Crippen LogP contribution < -0.4 is 5.32 Å². The summed E-state index contributed by atoms with van der Waals surface area (Å²) < 4.78 is 0. The second kappa shape index (κ2) is 9.64. The third-order valence-corrected chi connectivity index (χ3v) is 4.36. The van der Waals surface area contributed by atoms with Crippen molar-refractivity contribution >= 4 is 12.0 Å². The van der Waals surface area contributed by atoms with Crippen LogP contribution in [0.4, 0.5) is 4.79 Å². The molecule has 5 nitrogen and oxygen atoms in total. The molecule has 0 spiro atoms. The van der Waals surface area contributed by atoms with Crippen molar-refractivity contribution in [3.05, 3.63) is 0 Å². The number of urea groups is 1. The van der Waals surface area contributed by atoms with Gasteiger partial charge < -0.3 is 15.3 Å². The minimum atomic E-state index is -0.749. The summed E-state index contributed by atoms with van der Waals surface area (Å²) in [6.07, 6.45) is 6.47. The van der Waals surface area contributed by atoms with Gasteiger partial charge in [0.05, 0.1) is 0 Å². The first-order valence-corrected chi connectivity index (χ1v) is 8.27.